The smallest absolute Gasteiger partial charge is 0.341 e. The van der Waals surface area contributed by atoms with Crippen molar-refractivity contribution in [2.24, 2.45) is 0 Å². The molecule has 0 saturated carbocycles. The van der Waals surface area contributed by atoms with Gasteiger partial charge in [0.1, 0.15) is 17.1 Å². The normalized spacial score (nSPS) is 12.0. The van der Waals surface area contributed by atoms with Gasteiger partial charge in [0.25, 0.3) is 0 Å². The molecule has 43 heavy (non-hydrogen) atoms. The van der Waals surface area contributed by atoms with Gasteiger partial charge in [0, 0.05) is 9.90 Å². The predicted octanol–water partition coefficient (Wildman–Crippen LogP) is 8.91. The Balaban J connectivity index is 0.000000242. The number of nitrogens with one attached hydrogen (secondary N) is 2. The number of carboxylic acids is 2. The van der Waals surface area contributed by atoms with Crippen LogP contribution in [0.2, 0.25) is 20.1 Å². The number of esters is 1. The van der Waals surface area contributed by atoms with Crippen molar-refractivity contribution in [2.75, 3.05) is 17.2 Å². The first-order valence-electron chi connectivity index (χ1n) is 12.5. The maximum Gasteiger partial charge on any atom is 0.341 e. The number of hydrogen-bond donors (Lipinski definition) is 4. The predicted molar refractivity (Wildman–Crippen MR) is 169 cm³/mol. The minimum atomic E-state index is -1.25. The lowest BCUT2D eigenvalue weighted by Gasteiger charge is -2.15. The average Bonchev–Trinajstić information content (AvgIpc) is 3.54. The highest BCUT2D eigenvalue weighted by molar-refractivity contribution is 7.10. The van der Waals surface area contributed by atoms with Gasteiger partial charge < -0.3 is 30.0 Å². The molecule has 0 saturated heterocycles. The summed E-state index contributed by atoms with van der Waals surface area (Å²) in [5.41, 5.74) is 2.10. The van der Waals surface area contributed by atoms with Crippen LogP contribution in [0.25, 0.3) is 0 Å². The summed E-state index contributed by atoms with van der Waals surface area (Å²) in [4.78, 5) is 35.5. The molecule has 2 aromatic heterocycles. The quantitative estimate of drug-likeness (QED) is 0.120. The summed E-state index contributed by atoms with van der Waals surface area (Å²) in [7, 11) is 0. The number of aliphatic carboxylic acids is 2. The molecule has 0 bridgehead atoms. The molecule has 2 atom stereocenters. The van der Waals surface area contributed by atoms with E-state index in [0.29, 0.717) is 21.4 Å². The zero-order chi connectivity index (χ0) is 31.8. The number of benzene rings is 2. The van der Waals surface area contributed by atoms with Gasteiger partial charge in [0.05, 0.1) is 33.0 Å². The lowest BCUT2D eigenvalue weighted by molar-refractivity contribution is -0.139. The van der Waals surface area contributed by atoms with Gasteiger partial charge in [-0.15, -0.1) is 11.3 Å². The largest absolute Gasteiger partial charge is 0.479 e. The van der Waals surface area contributed by atoms with Gasteiger partial charge in [0.15, 0.2) is 12.1 Å². The first-order valence-corrected chi connectivity index (χ1v) is 14.9. The number of halogens is 4. The Kier molecular flexibility index (Phi) is 12.2. The molecule has 4 N–H and O–H groups in total. The fraction of sp³-hybridized carbons (Fsp3) is 0.207. The van der Waals surface area contributed by atoms with Crippen LogP contribution >= 0.6 is 57.7 Å². The molecular weight excluding hydrogens is 662 g/mol. The van der Waals surface area contributed by atoms with Crippen molar-refractivity contribution >= 4 is 87.0 Å². The highest BCUT2D eigenvalue weighted by atomic mass is 35.5. The number of rotatable bonds is 10. The van der Waals surface area contributed by atoms with E-state index in [1.54, 1.807) is 50.2 Å². The third-order valence-electron chi connectivity index (χ3n) is 5.73. The summed E-state index contributed by atoms with van der Waals surface area (Å²) >= 11 is 25.2. The number of anilines is 2. The molecule has 0 amide bonds. The summed E-state index contributed by atoms with van der Waals surface area (Å²) in [6.45, 7) is 5.36. The maximum atomic E-state index is 11.8. The summed E-state index contributed by atoms with van der Waals surface area (Å²) in [5, 5.41) is 27.8. The number of carbonyl (C=O) groups is 3. The molecule has 2 heterocycles. The molecule has 0 aliphatic heterocycles. The third-order valence-corrected chi connectivity index (χ3v) is 8.21. The molecule has 4 rings (SSSR count). The van der Waals surface area contributed by atoms with Crippen molar-refractivity contribution in [3.05, 3.63) is 102 Å². The summed E-state index contributed by atoms with van der Waals surface area (Å²) in [6.07, 6.45) is 0. The van der Waals surface area contributed by atoms with Crippen LogP contribution in [0.15, 0.2) is 58.3 Å². The second-order valence-electron chi connectivity index (χ2n) is 8.92. The number of aryl methyl sites for hydroxylation is 2. The van der Waals surface area contributed by atoms with E-state index < -0.39 is 30.0 Å². The molecule has 0 spiro atoms. The fourth-order valence-electron chi connectivity index (χ4n) is 3.71. The molecule has 2 unspecified atom stereocenters. The highest BCUT2D eigenvalue weighted by Crippen LogP contribution is 2.34. The highest BCUT2D eigenvalue weighted by Gasteiger charge is 2.28. The van der Waals surface area contributed by atoms with Crippen LogP contribution in [0.3, 0.4) is 0 Å². The van der Waals surface area contributed by atoms with Gasteiger partial charge in [0.2, 0.25) is 0 Å². The van der Waals surface area contributed by atoms with Crippen molar-refractivity contribution in [1.82, 2.24) is 0 Å². The monoisotopic (exact) mass is 686 g/mol. The molecule has 0 fully saturated rings. The standard InChI is InChI=1S/C16H15Cl2NO5.C13H11Cl2NO2S/c1-3-23-16(22)9-7-12(24-8(9)2)14(15(20)21)19-11-6-4-5-10(17)13(11)18;1-7-4-11(19-6-7)12(13(17)18)16-10-3-2-8(14)5-9(10)15/h4-7,14,19H,3H2,1-2H3,(H,20,21);2-6,12,16H,1H3,(H,17,18). The minimum absolute atomic E-state index is 0.0547. The first-order chi connectivity index (χ1) is 20.3. The molecular formula is C29H26Cl4N2O7S. The van der Waals surface area contributed by atoms with E-state index in [-0.39, 0.29) is 33.7 Å². The van der Waals surface area contributed by atoms with Crippen molar-refractivity contribution in [3.63, 3.8) is 0 Å². The Morgan fingerprint density at radius 3 is 2.16 bits per heavy atom. The van der Waals surface area contributed by atoms with Crippen LogP contribution < -0.4 is 10.6 Å². The topological polar surface area (TPSA) is 138 Å². The van der Waals surface area contributed by atoms with E-state index in [2.05, 4.69) is 10.6 Å². The molecule has 4 aromatic rings. The summed E-state index contributed by atoms with van der Waals surface area (Å²) < 4.78 is 10.3. The molecule has 9 nitrogen and oxygen atoms in total. The van der Waals surface area contributed by atoms with E-state index in [9.17, 15) is 24.6 Å². The number of carbonyl (C=O) groups excluding carboxylic acids is 1. The Bertz CT molecular complexity index is 1620. The Labute approximate surface area is 271 Å². The van der Waals surface area contributed by atoms with E-state index in [1.807, 2.05) is 18.4 Å². The van der Waals surface area contributed by atoms with Crippen molar-refractivity contribution in [2.45, 2.75) is 32.9 Å². The van der Waals surface area contributed by atoms with Crippen LogP contribution in [0.5, 0.6) is 0 Å². The Morgan fingerprint density at radius 1 is 0.907 bits per heavy atom. The second-order valence-corrected chi connectivity index (χ2v) is 11.5. The van der Waals surface area contributed by atoms with Gasteiger partial charge in [-0.3, -0.25) is 0 Å². The maximum absolute atomic E-state index is 11.8. The van der Waals surface area contributed by atoms with Crippen LogP contribution in [-0.2, 0) is 14.3 Å². The number of thiophene rings is 1. The Hall–Kier alpha value is -3.41. The molecule has 228 valence electrons. The Morgan fingerprint density at radius 2 is 1.58 bits per heavy atom. The number of carboxylic acid groups (broad SMARTS) is 2. The van der Waals surface area contributed by atoms with Gasteiger partial charge in [-0.05, 0) is 74.2 Å². The first kappa shape index (κ1) is 34.1. The summed E-state index contributed by atoms with van der Waals surface area (Å²) in [6, 6.07) is 10.8. The minimum Gasteiger partial charge on any atom is -0.479 e. The SMILES string of the molecule is CCOC(=O)c1cc(C(Nc2cccc(Cl)c2Cl)C(=O)O)oc1C.Cc1csc(C(Nc2ccc(Cl)cc2Cl)C(=O)O)c1. The molecule has 14 heteroatoms. The number of furan rings is 1. The van der Waals surface area contributed by atoms with E-state index in [1.165, 1.54) is 17.4 Å². The average molecular weight is 688 g/mol. The van der Waals surface area contributed by atoms with Gasteiger partial charge in [-0.2, -0.15) is 0 Å². The lowest BCUT2D eigenvalue weighted by atomic mass is 10.1. The van der Waals surface area contributed by atoms with Crippen LogP contribution in [-0.4, -0.2) is 34.7 Å². The molecule has 0 radical (unpaired) electrons. The lowest BCUT2D eigenvalue weighted by Crippen LogP contribution is -2.20. The fourth-order valence-corrected chi connectivity index (χ4v) is 5.46. The van der Waals surface area contributed by atoms with E-state index >= 15 is 0 Å². The van der Waals surface area contributed by atoms with Gasteiger partial charge in [-0.25, -0.2) is 14.4 Å². The molecule has 0 aliphatic rings. The third kappa shape index (κ3) is 9.04. The van der Waals surface area contributed by atoms with Crippen LogP contribution in [0.4, 0.5) is 11.4 Å². The molecule has 0 aliphatic carbocycles. The van der Waals surface area contributed by atoms with Gasteiger partial charge in [-0.1, -0.05) is 52.5 Å². The zero-order valence-corrected chi connectivity index (χ0v) is 26.8. The number of ether oxygens (including phenoxy) is 1. The van der Waals surface area contributed by atoms with E-state index in [4.69, 9.17) is 55.6 Å². The number of hydrogen-bond acceptors (Lipinski definition) is 8. The van der Waals surface area contributed by atoms with Gasteiger partial charge >= 0.3 is 17.9 Å². The van der Waals surface area contributed by atoms with Crippen LogP contribution in [0, 0.1) is 13.8 Å². The van der Waals surface area contributed by atoms with Crippen molar-refractivity contribution < 1.29 is 33.8 Å². The van der Waals surface area contributed by atoms with E-state index in [0.717, 1.165) is 10.4 Å². The second kappa shape index (κ2) is 15.4. The summed E-state index contributed by atoms with van der Waals surface area (Å²) in [5.74, 6) is -2.40. The zero-order valence-electron chi connectivity index (χ0n) is 22.9. The van der Waals surface area contributed by atoms with Crippen molar-refractivity contribution in [3.8, 4) is 0 Å². The molecule has 2 aromatic carbocycles. The van der Waals surface area contributed by atoms with Crippen molar-refractivity contribution in [1.29, 1.82) is 0 Å². The van der Waals surface area contributed by atoms with Crippen LogP contribution in [0.1, 0.15) is 51.3 Å².